The van der Waals surface area contributed by atoms with Crippen LogP contribution in [0.2, 0.25) is 0 Å². The fraction of sp³-hybridized carbons (Fsp3) is 0.467. The minimum Gasteiger partial charge on any atom is -0.623 e. The van der Waals surface area contributed by atoms with Crippen molar-refractivity contribution >= 4 is 12.2 Å². The van der Waals surface area contributed by atoms with E-state index in [1.807, 2.05) is 44.2 Å². The first kappa shape index (κ1) is 15.2. The highest BCUT2D eigenvalue weighted by Crippen LogP contribution is 2.08. The average molecular weight is 263 g/mol. The van der Waals surface area contributed by atoms with Gasteiger partial charge in [-0.3, -0.25) is 0 Å². The molecule has 104 valence electrons. The molecule has 1 rings (SSSR count). The van der Waals surface area contributed by atoms with Gasteiger partial charge < -0.3 is 9.94 Å². The molecule has 0 bridgehead atoms. The van der Waals surface area contributed by atoms with Crippen LogP contribution in [0.25, 0.3) is 0 Å². The molecule has 0 aliphatic carbocycles. The molecule has 0 spiro atoms. The third kappa shape index (κ3) is 5.12. The van der Waals surface area contributed by atoms with Crippen LogP contribution in [0.4, 0.5) is 0 Å². The van der Waals surface area contributed by atoms with Crippen LogP contribution in [0.15, 0.2) is 30.3 Å². The van der Waals surface area contributed by atoms with Crippen molar-refractivity contribution in [3.8, 4) is 0 Å². The molecule has 0 amide bonds. The molecule has 1 aromatic rings. The second kappa shape index (κ2) is 7.56. The van der Waals surface area contributed by atoms with Crippen molar-refractivity contribution in [2.45, 2.75) is 33.2 Å². The Morgan fingerprint density at radius 2 is 2.00 bits per heavy atom. The van der Waals surface area contributed by atoms with E-state index in [0.717, 1.165) is 10.3 Å². The number of nitrogens with zero attached hydrogens (tertiary/aromatic N) is 1. The number of esters is 1. The molecule has 19 heavy (non-hydrogen) atoms. The van der Waals surface area contributed by atoms with Gasteiger partial charge in [0, 0.05) is 12.3 Å². The van der Waals surface area contributed by atoms with E-state index < -0.39 is 12.0 Å². The van der Waals surface area contributed by atoms with Crippen molar-refractivity contribution in [3.63, 3.8) is 0 Å². The molecule has 0 aromatic heterocycles. The summed E-state index contributed by atoms with van der Waals surface area (Å²) in [6, 6.07) is 8.66. The van der Waals surface area contributed by atoms with Crippen LogP contribution in [-0.2, 0) is 16.0 Å². The summed E-state index contributed by atoms with van der Waals surface area (Å²) >= 11 is 0. The number of ether oxygens (including phenoxy) is 1. The fourth-order valence-electron chi connectivity index (χ4n) is 1.75. The van der Waals surface area contributed by atoms with Crippen molar-refractivity contribution in [1.82, 2.24) is 0 Å². The molecule has 1 atom stereocenters. The smallest absolute Gasteiger partial charge is 0.377 e. The molecular weight excluding hydrogens is 242 g/mol. The number of carbonyl (C=O) groups is 1. The lowest BCUT2D eigenvalue weighted by Crippen LogP contribution is -2.36. The van der Waals surface area contributed by atoms with Gasteiger partial charge in [-0.25, -0.2) is 9.53 Å². The first-order valence-electron chi connectivity index (χ1n) is 6.55. The number of carbonyl (C=O) groups excluding carboxylic acids is 1. The highest BCUT2D eigenvalue weighted by Gasteiger charge is 2.28. The fourth-order valence-corrected chi connectivity index (χ4v) is 1.75. The first-order valence-corrected chi connectivity index (χ1v) is 6.55. The predicted octanol–water partition coefficient (Wildman–Crippen LogP) is 2.40. The molecule has 1 aromatic carbocycles. The Labute approximate surface area is 114 Å². The topological polar surface area (TPSA) is 52.4 Å². The Morgan fingerprint density at radius 1 is 1.37 bits per heavy atom. The molecule has 0 fully saturated rings. The lowest BCUT2D eigenvalue weighted by atomic mass is 10.1. The van der Waals surface area contributed by atoms with Crippen molar-refractivity contribution in [2.24, 2.45) is 5.92 Å². The summed E-state index contributed by atoms with van der Waals surface area (Å²) < 4.78 is 5.70. The number of hydrogen-bond donors (Lipinski definition) is 0. The number of hydrogen-bond acceptors (Lipinski definition) is 3. The number of benzene rings is 1. The Balaban J connectivity index is 2.89. The van der Waals surface area contributed by atoms with Crippen LogP contribution in [0.5, 0.6) is 0 Å². The molecule has 0 unspecified atom stereocenters. The van der Waals surface area contributed by atoms with Gasteiger partial charge in [-0.05, 0) is 12.5 Å². The molecule has 0 aliphatic heterocycles. The highest BCUT2D eigenvalue weighted by molar-refractivity contribution is 5.75. The molecule has 0 heterocycles. The quantitative estimate of drug-likeness (QED) is 0.260. The molecule has 0 saturated heterocycles. The maximum absolute atomic E-state index is 12.0. The maximum Gasteiger partial charge on any atom is 0.377 e. The second-order valence-corrected chi connectivity index (χ2v) is 4.71. The normalized spacial score (nSPS) is 13.4. The van der Waals surface area contributed by atoms with Gasteiger partial charge in [0.05, 0.1) is 6.61 Å². The van der Waals surface area contributed by atoms with Gasteiger partial charge in [0.1, 0.15) is 0 Å². The van der Waals surface area contributed by atoms with E-state index >= 15 is 0 Å². The largest absolute Gasteiger partial charge is 0.623 e. The lowest BCUT2D eigenvalue weighted by molar-refractivity contribution is -0.486. The molecular formula is C15H21NO3. The average Bonchev–Trinajstić information content (AvgIpc) is 2.36. The SMILES string of the molecule is CCOC(=O)[C@H](Cc1ccccc1)/[N+]([O-])=C/C(C)C. The zero-order valence-electron chi connectivity index (χ0n) is 11.7. The van der Waals surface area contributed by atoms with Crippen LogP contribution in [0.3, 0.4) is 0 Å². The number of hydroxylamine groups is 1. The summed E-state index contributed by atoms with van der Waals surface area (Å²) in [5, 5.41) is 12.0. The summed E-state index contributed by atoms with van der Waals surface area (Å²) in [7, 11) is 0. The van der Waals surface area contributed by atoms with Gasteiger partial charge in [-0.15, -0.1) is 0 Å². The third-order valence-corrected chi connectivity index (χ3v) is 2.58. The first-order chi connectivity index (χ1) is 9.04. The molecule has 4 heteroatoms. The summed E-state index contributed by atoms with van der Waals surface area (Å²) in [6.45, 7) is 5.81. The Kier molecular flexibility index (Phi) is 6.06. The van der Waals surface area contributed by atoms with E-state index in [1.54, 1.807) is 6.92 Å². The molecule has 4 nitrogen and oxygen atoms in total. The van der Waals surface area contributed by atoms with Gasteiger partial charge >= 0.3 is 5.97 Å². The molecule has 0 saturated carbocycles. The number of rotatable bonds is 6. The molecule has 0 aliphatic rings. The van der Waals surface area contributed by atoms with Gasteiger partial charge in [0.2, 0.25) is 0 Å². The summed E-state index contributed by atoms with van der Waals surface area (Å²) in [6.07, 6.45) is 1.86. The molecule has 0 radical (unpaired) electrons. The summed E-state index contributed by atoms with van der Waals surface area (Å²) in [4.78, 5) is 11.9. The maximum atomic E-state index is 12.0. The van der Waals surface area contributed by atoms with Gasteiger partial charge in [0.15, 0.2) is 6.21 Å². The monoisotopic (exact) mass is 263 g/mol. The second-order valence-electron chi connectivity index (χ2n) is 4.71. The van der Waals surface area contributed by atoms with Crippen LogP contribution in [0.1, 0.15) is 26.3 Å². The van der Waals surface area contributed by atoms with E-state index in [0.29, 0.717) is 6.42 Å². The van der Waals surface area contributed by atoms with Gasteiger partial charge in [-0.1, -0.05) is 44.2 Å². The van der Waals surface area contributed by atoms with Crippen LogP contribution < -0.4 is 0 Å². The van der Waals surface area contributed by atoms with Crippen molar-refractivity contribution in [1.29, 1.82) is 0 Å². The lowest BCUT2D eigenvalue weighted by Gasteiger charge is -2.16. The van der Waals surface area contributed by atoms with Crippen LogP contribution >= 0.6 is 0 Å². The molecule has 0 N–H and O–H groups in total. The Morgan fingerprint density at radius 3 is 2.53 bits per heavy atom. The predicted molar refractivity (Wildman–Crippen MR) is 75.1 cm³/mol. The Hall–Kier alpha value is -1.84. The van der Waals surface area contributed by atoms with E-state index in [-0.39, 0.29) is 12.5 Å². The van der Waals surface area contributed by atoms with Crippen molar-refractivity contribution in [3.05, 3.63) is 41.1 Å². The minimum atomic E-state index is -0.815. The zero-order chi connectivity index (χ0) is 14.3. The van der Waals surface area contributed by atoms with E-state index in [9.17, 15) is 10.0 Å². The Bertz CT molecular complexity index is 426. The van der Waals surface area contributed by atoms with E-state index in [1.165, 1.54) is 6.21 Å². The van der Waals surface area contributed by atoms with Crippen LogP contribution in [-0.4, -0.2) is 29.6 Å². The standard InChI is InChI=1S/C15H21NO3/c1-4-19-15(17)14(16(18)11-12(2)3)10-13-8-6-5-7-9-13/h5-9,11-12,14H,4,10H2,1-3H3/b16-11-/t14-/m0/s1. The minimum absolute atomic E-state index is 0.0881. The summed E-state index contributed by atoms with van der Waals surface area (Å²) in [5.41, 5.74) is 0.943. The summed E-state index contributed by atoms with van der Waals surface area (Å²) in [5.74, 6) is -0.386. The zero-order valence-corrected chi connectivity index (χ0v) is 11.7. The van der Waals surface area contributed by atoms with Crippen molar-refractivity contribution < 1.29 is 14.3 Å². The van der Waals surface area contributed by atoms with E-state index in [2.05, 4.69) is 0 Å². The third-order valence-electron chi connectivity index (χ3n) is 2.58. The van der Waals surface area contributed by atoms with Gasteiger partial charge in [-0.2, -0.15) is 0 Å². The van der Waals surface area contributed by atoms with Crippen LogP contribution in [0, 0.1) is 11.1 Å². The van der Waals surface area contributed by atoms with Crippen molar-refractivity contribution in [2.75, 3.05) is 6.61 Å². The van der Waals surface area contributed by atoms with E-state index in [4.69, 9.17) is 4.74 Å². The highest BCUT2D eigenvalue weighted by atomic mass is 16.5. The van der Waals surface area contributed by atoms with Gasteiger partial charge in [0.25, 0.3) is 6.04 Å².